The van der Waals surface area contributed by atoms with Crippen LogP contribution in [0.3, 0.4) is 0 Å². The van der Waals surface area contributed by atoms with Crippen molar-refractivity contribution in [1.29, 1.82) is 0 Å². The zero-order chi connectivity index (χ0) is 37.5. The minimum absolute atomic E-state index is 0.635. The van der Waals surface area contributed by atoms with Crippen LogP contribution in [0.1, 0.15) is 0 Å². The highest BCUT2D eigenvalue weighted by Crippen LogP contribution is 2.41. The number of nitrogens with zero attached hydrogens (tertiary/aromatic N) is 4. The average Bonchev–Trinajstić information content (AvgIpc) is 3.96. The minimum atomic E-state index is 0.635. The van der Waals surface area contributed by atoms with Crippen molar-refractivity contribution in [2.45, 2.75) is 0 Å². The molecule has 0 saturated heterocycles. The Bertz CT molecular complexity index is 3540. The molecule has 0 unspecified atom stereocenters. The van der Waals surface area contributed by atoms with Crippen molar-refractivity contribution in [1.82, 2.24) is 19.5 Å². The fraction of sp³-hybridized carbons (Fsp3) is 0. The summed E-state index contributed by atoms with van der Waals surface area (Å²) >= 11 is 3.61. The summed E-state index contributed by atoms with van der Waals surface area (Å²) in [6.45, 7) is 0. The number of hydrogen-bond acceptors (Lipinski definition) is 5. The fourth-order valence-electron chi connectivity index (χ4n) is 8.39. The lowest BCUT2D eigenvalue weighted by Crippen LogP contribution is -2.01. The Hall–Kier alpha value is -6.99. The third kappa shape index (κ3) is 5.22. The van der Waals surface area contributed by atoms with Crippen LogP contribution in [0, 0.1) is 0 Å². The van der Waals surface area contributed by atoms with Gasteiger partial charge in [0.15, 0.2) is 17.5 Å². The van der Waals surface area contributed by atoms with Gasteiger partial charge < -0.3 is 4.57 Å². The van der Waals surface area contributed by atoms with Crippen molar-refractivity contribution in [3.05, 3.63) is 182 Å². The normalized spacial score (nSPS) is 11.9. The molecule has 0 aliphatic rings. The van der Waals surface area contributed by atoms with Crippen LogP contribution in [0.25, 0.3) is 113 Å². The van der Waals surface area contributed by atoms with Crippen molar-refractivity contribution in [2.24, 2.45) is 0 Å². The van der Waals surface area contributed by atoms with E-state index < -0.39 is 0 Å². The van der Waals surface area contributed by atoms with Gasteiger partial charge in [0.2, 0.25) is 0 Å². The van der Waals surface area contributed by atoms with Gasteiger partial charge in [-0.3, -0.25) is 0 Å². The summed E-state index contributed by atoms with van der Waals surface area (Å²) < 4.78 is 7.32. The number of aromatic nitrogens is 4. The highest BCUT2D eigenvalue weighted by atomic mass is 32.1. The SMILES string of the molecule is c1ccc(-c2ccc3c4ccccc4n(-c4cccc(-c5nc(-c6ccc7sc8ccccc8c7c6)nc(-c6cccc7c6sc6ccccc67)n5)c4)c3c2)cc1. The van der Waals surface area contributed by atoms with Crippen molar-refractivity contribution < 1.29 is 0 Å². The summed E-state index contributed by atoms with van der Waals surface area (Å²) in [6, 6.07) is 65.0. The summed E-state index contributed by atoms with van der Waals surface area (Å²) in [7, 11) is 0. The molecule has 4 heterocycles. The molecule has 6 heteroatoms. The maximum absolute atomic E-state index is 5.30. The van der Waals surface area contributed by atoms with Crippen LogP contribution in [-0.2, 0) is 0 Å². The molecule has 4 nitrogen and oxygen atoms in total. The molecule has 0 saturated carbocycles. The molecule has 0 radical (unpaired) electrons. The summed E-state index contributed by atoms with van der Waals surface area (Å²) in [4.78, 5) is 15.8. The van der Waals surface area contributed by atoms with Crippen LogP contribution in [-0.4, -0.2) is 19.5 Å². The Morgan fingerprint density at radius 2 is 0.930 bits per heavy atom. The molecule has 0 spiro atoms. The molecule has 12 aromatic rings. The van der Waals surface area contributed by atoms with E-state index in [0.29, 0.717) is 17.5 Å². The third-order valence-electron chi connectivity index (χ3n) is 11.1. The van der Waals surface area contributed by atoms with E-state index in [2.05, 4.69) is 187 Å². The van der Waals surface area contributed by atoms with Gasteiger partial charge in [0.25, 0.3) is 0 Å². The molecule has 0 N–H and O–H groups in total. The molecular formula is C51H30N4S2. The molecule has 0 aliphatic heterocycles. The molecule has 0 fully saturated rings. The molecule has 0 amide bonds. The second-order valence-corrected chi connectivity index (χ2v) is 16.5. The van der Waals surface area contributed by atoms with E-state index >= 15 is 0 Å². The van der Waals surface area contributed by atoms with E-state index in [1.807, 2.05) is 11.3 Å². The fourth-order valence-corrected chi connectivity index (χ4v) is 10.7. The number of fused-ring (bicyclic) bond motifs is 9. The highest BCUT2D eigenvalue weighted by molar-refractivity contribution is 7.26. The Morgan fingerprint density at radius 1 is 0.333 bits per heavy atom. The Balaban J connectivity index is 1.08. The Labute approximate surface area is 335 Å². The quantitative estimate of drug-likeness (QED) is 0.175. The van der Waals surface area contributed by atoms with Crippen LogP contribution in [0.4, 0.5) is 0 Å². The van der Waals surface area contributed by atoms with Gasteiger partial charge in [-0.15, -0.1) is 22.7 Å². The second kappa shape index (κ2) is 12.8. The van der Waals surface area contributed by atoms with E-state index in [1.165, 1.54) is 62.2 Å². The lowest BCUT2D eigenvalue weighted by Gasteiger charge is -2.12. The average molecular weight is 763 g/mol. The summed E-state index contributed by atoms with van der Waals surface area (Å²) in [5, 5.41) is 7.36. The van der Waals surface area contributed by atoms with Crippen LogP contribution < -0.4 is 0 Å². The molecule has 0 atom stereocenters. The van der Waals surface area contributed by atoms with Gasteiger partial charge in [-0.1, -0.05) is 121 Å². The maximum Gasteiger partial charge on any atom is 0.165 e. The van der Waals surface area contributed by atoms with E-state index in [1.54, 1.807) is 11.3 Å². The largest absolute Gasteiger partial charge is 0.309 e. The first-order chi connectivity index (χ1) is 28.2. The van der Waals surface area contributed by atoms with Gasteiger partial charge in [0.05, 0.1) is 11.0 Å². The van der Waals surface area contributed by atoms with Crippen molar-refractivity contribution in [3.8, 4) is 51.0 Å². The topological polar surface area (TPSA) is 43.6 Å². The van der Waals surface area contributed by atoms with E-state index in [-0.39, 0.29) is 0 Å². The molecule has 57 heavy (non-hydrogen) atoms. The predicted octanol–water partition coefficient (Wildman–Crippen LogP) is 14.4. The predicted molar refractivity (Wildman–Crippen MR) is 242 cm³/mol. The number of hydrogen-bond donors (Lipinski definition) is 0. The second-order valence-electron chi connectivity index (χ2n) is 14.4. The van der Waals surface area contributed by atoms with Gasteiger partial charge in [0.1, 0.15) is 0 Å². The standard InChI is InChI=1S/C51H30N4S2/c1-2-12-31(13-3-1)32-24-26-37-36-16-4-7-21-43(36)55(44(37)30-32)35-15-10-14-33(28-35)49-52-50(34-25-27-47-42(29-34)39-18-6-8-22-45(39)56-47)54-51(53-49)41-20-11-19-40-38-17-5-9-23-46(38)57-48(40)41/h1-30H. The first-order valence-electron chi connectivity index (χ1n) is 19.0. The number of rotatable bonds is 5. The smallest absolute Gasteiger partial charge is 0.165 e. The first-order valence-corrected chi connectivity index (χ1v) is 20.6. The minimum Gasteiger partial charge on any atom is -0.309 e. The maximum atomic E-state index is 5.30. The molecule has 266 valence electrons. The Kier molecular flexibility index (Phi) is 7.24. The molecule has 12 rings (SSSR count). The first kappa shape index (κ1) is 32.3. The van der Waals surface area contributed by atoms with Crippen LogP contribution in [0.2, 0.25) is 0 Å². The van der Waals surface area contributed by atoms with Gasteiger partial charge >= 0.3 is 0 Å². The van der Waals surface area contributed by atoms with E-state index in [9.17, 15) is 0 Å². The van der Waals surface area contributed by atoms with Crippen molar-refractivity contribution in [3.63, 3.8) is 0 Å². The lowest BCUT2D eigenvalue weighted by atomic mass is 10.0. The molecule has 8 aromatic carbocycles. The number of para-hydroxylation sites is 1. The number of thiophene rings is 2. The van der Waals surface area contributed by atoms with Crippen molar-refractivity contribution in [2.75, 3.05) is 0 Å². The van der Waals surface area contributed by atoms with E-state index in [4.69, 9.17) is 15.0 Å². The van der Waals surface area contributed by atoms with Crippen LogP contribution in [0.5, 0.6) is 0 Å². The van der Waals surface area contributed by atoms with Gasteiger partial charge in [0, 0.05) is 73.5 Å². The summed E-state index contributed by atoms with van der Waals surface area (Å²) in [5.74, 6) is 1.95. The lowest BCUT2D eigenvalue weighted by molar-refractivity contribution is 1.07. The van der Waals surface area contributed by atoms with Gasteiger partial charge in [-0.05, 0) is 71.8 Å². The molecular weight excluding hydrogens is 733 g/mol. The number of benzene rings is 8. The molecule has 0 aliphatic carbocycles. The zero-order valence-corrected chi connectivity index (χ0v) is 32.1. The van der Waals surface area contributed by atoms with Gasteiger partial charge in [-0.2, -0.15) is 0 Å². The van der Waals surface area contributed by atoms with Crippen LogP contribution in [0.15, 0.2) is 182 Å². The zero-order valence-electron chi connectivity index (χ0n) is 30.4. The van der Waals surface area contributed by atoms with E-state index in [0.717, 1.165) is 33.4 Å². The third-order valence-corrected chi connectivity index (χ3v) is 13.4. The Morgan fingerprint density at radius 3 is 1.77 bits per heavy atom. The summed E-state index contributed by atoms with van der Waals surface area (Å²) in [5.41, 5.74) is 8.62. The molecule has 0 bridgehead atoms. The highest BCUT2D eigenvalue weighted by Gasteiger charge is 2.19. The monoisotopic (exact) mass is 762 g/mol. The summed E-state index contributed by atoms with van der Waals surface area (Å²) in [6.07, 6.45) is 0. The molecule has 4 aromatic heterocycles. The van der Waals surface area contributed by atoms with Crippen molar-refractivity contribution >= 4 is 84.8 Å². The van der Waals surface area contributed by atoms with Gasteiger partial charge in [-0.25, -0.2) is 15.0 Å². The van der Waals surface area contributed by atoms with Crippen LogP contribution >= 0.6 is 22.7 Å².